The molecule has 1 aliphatic rings. The Bertz CT molecular complexity index is 389. The molecule has 0 heterocycles. The van der Waals surface area contributed by atoms with Crippen molar-refractivity contribution in [3.8, 4) is 0 Å². The predicted molar refractivity (Wildman–Crippen MR) is 67.3 cm³/mol. The minimum Gasteiger partial charge on any atom is -0.397 e. The van der Waals surface area contributed by atoms with Crippen LogP contribution in [-0.2, 0) is 0 Å². The van der Waals surface area contributed by atoms with E-state index in [2.05, 4.69) is 5.32 Å². The number of anilines is 2. The van der Waals surface area contributed by atoms with Crippen molar-refractivity contribution in [3.63, 3.8) is 0 Å². The van der Waals surface area contributed by atoms with E-state index in [0.717, 1.165) is 25.7 Å². The van der Waals surface area contributed by atoms with Gasteiger partial charge in [-0.05, 0) is 31.0 Å². The number of aliphatic hydroxyl groups is 1. The average Bonchev–Trinajstić information content (AvgIpc) is 2.35. The molecule has 17 heavy (non-hydrogen) atoms. The Hall–Kier alpha value is -1.29. The van der Waals surface area contributed by atoms with Crippen LogP contribution in [0, 0.1) is 5.82 Å². The second kappa shape index (κ2) is 4.92. The molecule has 0 atom stereocenters. The van der Waals surface area contributed by atoms with Crippen molar-refractivity contribution < 1.29 is 9.50 Å². The van der Waals surface area contributed by atoms with Crippen LogP contribution in [0.1, 0.15) is 32.1 Å². The first kappa shape index (κ1) is 12.2. The van der Waals surface area contributed by atoms with Crippen LogP contribution in [0.5, 0.6) is 0 Å². The molecule has 0 aliphatic heterocycles. The topological polar surface area (TPSA) is 58.3 Å². The zero-order chi connectivity index (χ0) is 12.3. The summed E-state index contributed by atoms with van der Waals surface area (Å²) in [4.78, 5) is 0. The molecule has 94 valence electrons. The zero-order valence-electron chi connectivity index (χ0n) is 9.88. The molecular weight excluding hydrogens is 219 g/mol. The van der Waals surface area contributed by atoms with Crippen molar-refractivity contribution in [3.05, 3.63) is 24.0 Å². The molecule has 0 saturated heterocycles. The highest BCUT2D eigenvalue weighted by atomic mass is 19.1. The summed E-state index contributed by atoms with van der Waals surface area (Å²) in [6.07, 6.45) is 5.17. The molecular formula is C13H19FN2O. The molecule has 0 aromatic heterocycles. The maximum Gasteiger partial charge on any atom is 0.125 e. The number of rotatable bonds is 3. The monoisotopic (exact) mass is 238 g/mol. The van der Waals surface area contributed by atoms with Gasteiger partial charge >= 0.3 is 0 Å². The molecule has 1 fully saturated rings. The molecule has 1 aromatic rings. The van der Waals surface area contributed by atoms with Gasteiger partial charge in [0.2, 0.25) is 0 Å². The molecule has 0 radical (unpaired) electrons. The van der Waals surface area contributed by atoms with Crippen LogP contribution in [0.3, 0.4) is 0 Å². The largest absolute Gasteiger partial charge is 0.397 e. The SMILES string of the molecule is Nc1ccc(F)cc1NC1(CO)CCCCC1. The Morgan fingerprint density at radius 1 is 1.29 bits per heavy atom. The number of nitrogens with two attached hydrogens (primary N) is 1. The third kappa shape index (κ3) is 2.69. The van der Waals surface area contributed by atoms with E-state index in [1.165, 1.54) is 18.6 Å². The number of aliphatic hydroxyl groups excluding tert-OH is 1. The molecule has 4 heteroatoms. The van der Waals surface area contributed by atoms with E-state index in [1.807, 2.05) is 0 Å². The van der Waals surface area contributed by atoms with Gasteiger partial charge in [-0.15, -0.1) is 0 Å². The Kier molecular flexibility index (Phi) is 3.52. The van der Waals surface area contributed by atoms with E-state index in [1.54, 1.807) is 6.07 Å². The van der Waals surface area contributed by atoms with Crippen molar-refractivity contribution >= 4 is 11.4 Å². The Morgan fingerprint density at radius 3 is 2.65 bits per heavy atom. The molecule has 0 amide bonds. The average molecular weight is 238 g/mol. The summed E-state index contributed by atoms with van der Waals surface area (Å²) in [7, 11) is 0. The summed E-state index contributed by atoms with van der Waals surface area (Å²) in [6, 6.07) is 4.28. The second-order valence-electron chi connectivity index (χ2n) is 4.86. The summed E-state index contributed by atoms with van der Waals surface area (Å²) in [6.45, 7) is 0.0585. The van der Waals surface area contributed by atoms with Crippen LogP contribution < -0.4 is 11.1 Å². The lowest BCUT2D eigenvalue weighted by Gasteiger charge is -2.37. The van der Waals surface area contributed by atoms with Crippen LogP contribution in [0.25, 0.3) is 0 Å². The van der Waals surface area contributed by atoms with Gasteiger partial charge in [-0.2, -0.15) is 0 Å². The standard InChI is InChI=1S/C13H19FN2O/c14-10-4-5-11(15)12(8-10)16-13(9-17)6-2-1-3-7-13/h4-5,8,16-17H,1-3,6-7,9,15H2. The number of benzene rings is 1. The van der Waals surface area contributed by atoms with Gasteiger partial charge < -0.3 is 16.2 Å². The lowest BCUT2D eigenvalue weighted by atomic mass is 9.82. The highest BCUT2D eigenvalue weighted by Gasteiger charge is 2.31. The lowest BCUT2D eigenvalue weighted by Crippen LogP contribution is -2.44. The highest BCUT2D eigenvalue weighted by molar-refractivity contribution is 5.67. The smallest absolute Gasteiger partial charge is 0.125 e. The number of hydrogen-bond acceptors (Lipinski definition) is 3. The summed E-state index contributed by atoms with van der Waals surface area (Å²) in [5, 5.41) is 12.8. The van der Waals surface area contributed by atoms with E-state index < -0.39 is 0 Å². The molecule has 1 saturated carbocycles. The first-order valence-electron chi connectivity index (χ1n) is 6.09. The van der Waals surface area contributed by atoms with Crippen molar-refractivity contribution in [1.82, 2.24) is 0 Å². The van der Waals surface area contributed by atoms with Gasteiger partial charge in [0.15, 0.2) is 0 Å². The number of halogens is 1. The zero-order valence-corrected chi connectivity index (χ0v) is 9.88. The Labute approximate surface area is 101 Å². The minimum atomic E-state index is -0.333. The highest BCUT2D eigenvalue weighted by Crippen LogP contribution is 2.33. The third-order valence-electron chi connectivity index (χ3n) is 3.53. The van der Waals surface area contributed by atoms with Gasteiger partial charge in [-0.1, -0.05) is 19.3 Å². The van der Waals surface area contributed by atoms with Crippen molar-refractivity contribution in [2.24, 2.45) is 0 Å². The summed E-state index contributed by atoms with van der Waals surface area (Å²) < 4.78 is 13.2. The Balaban J connectivity index is 2.20. The first-order valence-corrected chi connectivity index (χ1v) is 6.09. The lowest BCUT2D eigenvalue weighted by molar-refractivity contribution is 0.173. The van der Waals surface area contributed by atoms with E-state index in [4.69, 9.17) is 5.73 Å². The summed E-state index contributed by atoms with van der Waals surface area (Å²) >= 11 is 0. The van der Waals surface area contributed by atoms with E-state index in [9.17, 15) is 9.50 Å². The molecule has 1 aliphatic carbocycles. The molecule has 0 spiro atoms. The van der Waals surface area contributed by atoms with Gasteiger partial charge in [0, 0.05) is 0 Å². The fourth-order valence-corrected chi connectivity index (χ4v) is 2.47. The van der Waals surface area contributed by atoms with Gasteiger partial charge in [-0.25, -0.2) is 4.39 Å². The molecule has 2 rings (SSSR count). The Morgan fingerprint density at radius 2 is 2.00 bits per heavy atom. The normalized spacial score (nSPS) is 18.9. The summed E-state index contributed by atoms with van der Waals surface area (Å²) in [5.41, 5.74) is 6.58. The molecule has 0 bridgehead atoms. The van der Waals surface area contributed by atoms with Crippen LogP contribution in [-0.4, -0.2) is 17.3 Å². The number of nitrogens with one attached hydrogen (secondary N) is 1. The van der Waals surface area contributed by atoms with Gasteiger partial charge in [0.1, 0.15) is 5.82 Å². The van der Waals surface area contributed by atoms with Crippen LogP contribution >= 0.6 is 0 Å². The van der Waals surface area contributed by atoms with E-state index >= 15 is 0 Å². The molecule has 4 N–H and O–H groups in total. The predicted octanol–water partition coefficient (Wildman–Crippen LogP) is 2.52. The number of nitrogen functional groups attached to an aromatic ring is 1. The van der Waals surface area contributed by atoms with Gasteiger partial charge in [-0.3, -0.25) is 0 Å². The van der Waals surface area contributed by atoms with Crippen molar-refractivity contribution in [1.29, 1.82) is 0 Å². The molecule has 1 aromatic carbocycles. The van der Waals surface area contributed by atoms with E-state index in [-0.39, 0.29) is 18.0 Å². The van der Waals surface area contributed by atoms with Crippen LogP contribution in [0.4, 0.5) is 15.8 Å². The number of hydrogen-bond donors (Lipinski definition) is 3. The van der Waals surface area contributed by atoms with Crippen molar-refractivity contribution in [2.45, 2.75) is 37.6 Å². The van der Waals surface area contributed by atoms with Gasteiger partial charge in [0.25, 0.3) is 0 Å². The van der Waals surface area contributed by atoms with Crippen molar-refractivity contribution in [2.75, 3.05) is 17.7 Å². The quantitative estimate of drug-likeness (QED) is 0.709. The second-order valence-corrected chi connectivity index (χ2v) is 4.86. The molecule has 3 nitrogen and oxygen atoms in total. The van der Waals surface area contributed by atoms with Crippen LogP contribution in [0.2, 0.25) is 0 Å². The maximum atomic E-state index is 13.2. The van der Waals surface area contributed by atoms with Gasteiger partial charge in [0.05, 0.1) is 23.5 Å². The third-order valence-corrected chi connectivity index (χ3v) is 3.53. The first-order chi connectivity index (χ1) is 8.15. The van der Waals surface area contributed by atoms with E-state index in [0.29, 0.717) is 11.4 Å². The summed E-state index contributed by atoms with van der Waals surface area (Å²) in [5.74, 6) is -0.314. The van der Waals surface area contributed by atoms with Crippen LogP contribution in [0.15, 0.2) is 18.2 Å². The maximum absolute atomic E-state index is 13.2. The molecule has 0 unspecified atom stereocenters. The fraction of sp³-hybridized carbons (Fsp3) is 0.538. The minimum absolute atomic E-state index is 0.0585. The fourth-order valence-electron chi connectivity index (χ4n) is 2.47.